The van der Waals surface area contributed by atoms with E-state index in [1.165, 1.54) is 7.11 Å². The Bertz CT molecular complexity index is 1010. The summed E-state index contributed by atoms with van der Waals surface area (Å²) in [5.41, 5.74) is 3.85. The van der Waals surface area contributed by atoms with Gasteiger partial charge in [-0.25, -0.2) is 9.99 Å². The topological polar surface area (TPSA) is 68.9 Å². The molecule has 2 aromatic carbocycles. The highest BCUT2D eigenvalue weighted by Crippen LogP contribution is 2.27. The van der Waals surface area contributed by atoms with Crippen molar-refractivity contribution in [2.24, 2.45) is 5.10 Å². The van der Waals surface area contributed by atoms with E-state index < -0.39 is 0 Å². The smallest absolute Gasteiger partial charge is 0.307 e. The van der Waals surface area contributed by atoms with E-state index >= 15 is 0 Å². The number of hydrogen-bond donors (Lipinski definition) is 0. The number of esters is 1. The van der Waals surface area contributed by atoms with Crippen LogP contribution in [0.5, 0.6) is 5.75 Å². The van der Waals surface area contributed by atoms with Crippen molar-refractivity contribution < 1.29 is 14.3 Å². The molecule has 0 unspecified atom stereocenters. The third-order valence-electron chi connectivity index (χ3n) is 4.59. The Balaban J connectivity index is 1.74. The Morgan fingerprint density at radius 2 is 1.89 bits per heavy atom. The lowest BCUT2D eigenvalue weighted by atomic mass is 10.1. The number of anilines is 1. The zero-order valence-corrected chi connectivity index (χ0v) is 15.3. The normalized spacial score (nSPS) is 13.3. The van der Waals surface area contributed by atoms with Crippen molar-refractivity contribution in [3.8, 4) is 5.75 Å². The lowest BCUT2D eigenvalue weighted by molar-refractivity contribution is -0.140. The van der Waals surface area contributed by atoms with E-state index in [9.17, 15) is 4.79 Å². The molecule has 0 saturated carbocycles. The Labute approximate surface area is 156 Å². The van der Waals surface area contributed by atoms with Gasteiger partial charge in [-0.05, 0) is 42.0 Å². The summed E-state index contributed by atoms with van der Waals surface area (Å²) in [4.78, 5) is 16.3. The molecule has 0 aliphatic carbocycles. The Morgan fingerprint density at radius 1 is 1.11 bits per heavy atom. The van der Waals surface area contributed by atoms with Gasteiger partial charge in [0, 0.05) is 0 Å². The van der Waals surface area contributed by atoms with Crippen LogP contribution in [0.4, 0.5) is 5.95 Å². The predicted octanol–water partition coefficient (Wildman–Crippen LogP) is 2.83. The van der Waals surface area contributed by atoms with Crippen molar-refractivity contribution in [2.75, 3.05) is 25.8 Å². The minimum Gasteiger partial charge on any atom is -0.497 e. The fraction of sp³-hybridized carbons (Fsp3) is 0.250. The van der Waals surface area contributed by atoms with E-state index in [1.54, 1.807) is 12.1 Å². The Morgan fingerprint density at radius 3 is 2.63 bits per heavy atom. The van der Waals surface area contributed by atoms with Gasteiger partial charge in [0.25, 0.3) is 0 Å². The number of hydrazone groups is 1. The van der Waals surface area contributed by atoms with E-state index in [1.807, 2.05) is 48.5 Å². The van der Waals surface area contributed by atoms with Crippen LogP contribution in [0.2, 0.25) is 0 Å². The van der Waals surface area contributed by atoms with Crippen molar-refractivity contribution in [3.63, 3.8) is 0 Å². The quantitative estimate of drug-likeness (QED) is 0.651. The summed E-state index contributed by atoms with van der Waals surface area (Å²) in [7, 11) is 3.03. The molecular weight excluding hydrogens is 344 g/mol. The summed E-state index contributed by atoms with van der Waals surface area (Å²) in [6.07, 6.45) is 0.235. The molecule has 0 N–H and O–H groups in total. The Kier molecular flexibility index (Phi) is 4.50. The highest BCUT2D eigenvalue weighted by Gasteiger charge is 2.24. The molecule has 1 aromatic heterocycles. The summed E-state index contributed by atoms with van der Waals surface area (Å²) in [6.45, 7) is 1.01. The molecule has 7 nitrogen and oxygen atoms in total. The number of ether oxygens (including phenoxy) is 2. The molecule has 138 valence electrons. The van der Waals surface area contributed by atoms with Crippen LogP contribution in [-0.2, 0) is 16.1 Å². The zero-order valence-electron chi connectivity index (χ0n) is 15.3. The SMILES string of the molecule is COC(=O)CCN1N=C(c2ccc(OC)cc2)Cn2c1nc1ccccc12. The monoisotopic (exact) mass is 364 g/mol. The van der Waals surface area contributed by atoms with E-state index in [-0.39, 0.29) is 12.4 Å². The zero-order chi connectivity index (χ0) is 18.8. The number of rotatable bonds is 5. The lowest BCUT2D eigenvalue weighted by Gasteiger charge is -2.26. The molecule has 0 fully saturated rings. The third kappa shape index (κ3) is 3.23. The number of imidazole rings is 1. The largest absolute Gasteiger partial charge is 0.497 e. The average molecular weight is 364 g/mol. The summed E-state index contributed by atoms with van der Waals surface area (Å²) < 4.78 is 12.1. The maximum Gasteiger partial charge on any atom is 0.307 e. The van der Waals surface area contributed by atoms with Crippen LogP contribution in [0.3, 0.4) is 0 Å². The van der Waals surface area contributed by atoms with Crippen LogP contribution in [0.15, 0.2) is 53.6 Å². The van der Waals surface area contributed by atoms with Crippen molar-refractivity contribution in [1.82, 2.24) is 9.55 Å². The molecule has 0 amide bonds. The van der Waals surface area contributed by atoms with Gasteiger partial charge in [-0.2, -0.15) is 5.10 Å². The number of carbonyl (C=O) groups is 1. The van der Waals surface area contributed by atoms with Crippen molar-refractivity contribution >= 4 is 28.7 Å². The third-order valence-corrected chi connectivity index (χ3v) is 4.59. The molecule has 2 heterocycles. The van der Waals surface area contributed by atoms with Gasteiger partial charge in [0.1, 0.15) is 5.75 Å². The van der Waals surface area contributed by atoms with Crippen LogP contribution in [-0.4, -0.2) is 42.0 Å². The van der Waals surface area contributed by atoms with Gasteiger partial charge in [-0.15, -0.1) is 0 Å². The molecule has 7 heteroatoms. The molecule has 0 spiro atoms. The maximum absolute atomic E-state index is 11.6. The molecule has 0 atom stereocenters. The second kappa shape index (κ2) is 7.11. The number of nitrogens with zero attached hydrogens (tertiary/aromatic N) is 4. The van der Waals surface area contributed by atoms with E-state index in [4.69, 9.17) is 19.6 Å². The van der Waals surface area contributed by atoms with Crippen LogP contribution < -0.4 is 9.75 Å². The maximum atomic E-state index is 11.6. The van der Waals surface area contributed by atoms with Gasteiger partial charge < -0.3 is 14.0 Å². The molecule has 27 heavy (non-hydrogen) atoms. The first-order valence-corrected chi connectivity index (χ1v) is 8.71. The first-order chi connectivity index (χ1) is 13.2. The van der Waals surface area contributed by atoms with Gasteiger partial charge in [0.15, 0.2) is 0 Å². The van der Waals surface area contributed by atoms with Crippen molar-refractivity contribution in [2.45, 2.75) is 13.0 Å². The van der Waals surface area contributed by atoms with Gasteiger partial charge in [-0.3, -0.25) is 4.79 Å². The van der Waals surface area contributed by atoms with E-state index in [2.05, 4.69) is 4.57 Å². The van der Waals surface area contributed by atoms with Gasteiger partial charge in [0.05, 0.1) is 50.5 Å². The minimum absolute atomic E-state index is 0.235. The minimum atomic E-state index is -0.274. The highest BCUT2D eigenvalue weighted by molar-refractivity contribution is 6.03. The van der Waals surface area contributed by atoms with Crippen LogP contribution in [0, 0.1) is 0 Å². The molecule has 3 aromatic rings. The van der Waals surface area contributed by atoms with Crippen molar-refractivity contribution in [3.05, 3.63) is 54.1 Å². The number of hydrogen-bond acceptors (Lipinski definition) is 6. The number of methoxy groups -OCH3 is 2. The second-order valence-corrected chi connectivity index (χ2v) is 6.21. The first kappa shape index (κ1) is 17.1. The van der Waals surface area contributed by atoms with Gasteiger partial charge >= 0.3 is 5.97 Å². The number of aromatic nitrogens is 2. The molecule has 1 aliphatic rings. The van der Waals surface area contributed by atoms with Gasteiger partial charge in [-0.1, -0.05) is 12.1 Å². The fourth-order valence-corrected chi connectivity index (χ4v) is 3.17. The molecule has 0 saturated heterocycles. The highest BCUT2D eigenvalue weighted by atomic mass is 16.5. The summed E-state index contributed by atoms with van der Waals surface area (Å²) in [5.74, 6) is 1.26. The van der Waals surface area contributed by atoms with E-state index in [0.717, 1.165) is 34.0 Å². The summed E-state index contributed by atoms with van der Waals surface area (Å²) in [6, 6.07) is 15.8. The number of para-hydroxylation sites is 2. The Hall–Kier alpha value is -3.35. The van der Waals surface area contributed by atoms with E-state index in [0.29, 0.717) is 13.1 Å². The fourth-order valence-electron chi connectivity index (χ4n) is 3.17. The first-order valence-electron chi connectivity index (χ1n) is 8.71. The molecule has 4 rings (SSSR count). The standard InChI is InChI=1S/C20H20N4O3/c1-26-15-9-7-14(8-10-15)17-13-23-18-6-4-3-5-16(18)21-20(23)24(22-17)12-11-19(25)27-2/h3-10H,11-13H2,1-2H3. The molecular formula is C20H20N4O3. The summed E-state index contributed by atoms with van der Waals surface area (Å²) in [5, 5.41) is 6.55. The molecule has 0 radical (unpaired) electrons. The van der Waals surface area contributed by atoms with Crippen LogP contribution >= 0.6 is 0 Å². The summed E-state index contributed by atoms with van der Waals surface area (Å²) >= 11 is 0. The predicted molar refractivity (Wildman–Crippen MR) is 103 cm³/mol. The van der Waals surface area contributed by atoms with Crippen LogP contribution in [0.25, 0.3) is 11.0 Å². The number of carbonyl (C=O) groups excluding carboxylic acids is 1. The molecule has 1 aliphatic heterocycles. The lowest BCUT2D eigenvalue weighted by Crippen LogP contribution is -2.32. The average Bonchev–Trinajstić information content (AvgIpc) is 3.10. The number of fused-ring (bicyclic) bond motifs is 3. The van der Waals surface area contributed by atoms with Gasteiger partial charge in [0.2, 0.25) is 5.95 Å². The van der Waals surface area contributed by atoms with Crippen LogP contribution in [0.1, 0.15) is 12.0 Å². The molecule has 0 bridgehead atoms. The van der Waals surface area contributed by atoms with Crippen molar-refractivity contribution in [1.29, 1.82) is 0 Å². The number of benzene rings is 2. The second-order valence-electron chi connectivity index (χ2n) is 6.21.